The molecule has 2 aliphatic carbocycles. The van der Waals surface area contributed by atoms with Crippen molar-refractivity contribution in [2.24, 2.45) is 5.92 Å². The van der Waals surface area contributed by atoms with E-state index >= 15 is 0 Å². The van der Waals surface area contributed by atoms with Crippen molar-refractivity contribution in [1.82, 2.24) is 10.3 Å². The summed E-state index contributed by atoms with van der Waals surface area (Å²) in [6, 6.07) is 7.42. The van der Waals surface area contributed by atoms with Gasteiger partial charge < -0.3 is 10.6 Å². The Hall–Kier alpha value is -3.20. The number of hydrogen-bond donors (Lipinski definition) is 2. The van der Waals surface area contributed by atoms with Crippen LogP contribution in [0.3, 0.4) is 0 Å². The Morgan fingerprint density at radius 1 is 1.19 bits per heavy atom. The zero-order valence-electron chi connectivity index (χ0n) is 17.7. The topological polar surface area (TPSA) is 108 Å². The lowest BCUT2D eigenvalue weighted by molar-refractivity contribution is -0.117. The molecule has 8 nitrogen and oxygen atoms in total. The number of carbonyl (C=O) groups excluding carboxylic acids is 2. The first-order chi connectivity index (χ1) is 15.4. The highest BCUT2D eigenvalue weighted by molar-refractivity contribution is 7.93. The fraction of sp³-hybridized carbons (Fsp3) is 0.348. The van der Waals surface area contributed by atoms with Gasteiger partial charge in [-0.2, -0.15) is 0 Å². The van der Waals surface area contributed by atoms with E-state index in [2.05, 4.69) is 15.6 Å². The maximum absolute atomic E-state index is 12.6. The summed E-state index contributed by atoms with van der Waals surface area (Å²) in [6.07, 6.45) is 6.19. The number of aromatic nitrogens is 1. The van der Waals surface area contributed by atoms with Crippen molar-refractivity contribution in [3.05, 3.63) is 52.7 Å². The number of fused-ring (bicyclic) bond motifs is 1. The molecule has 0 unspecified atom stereocenters. The SMILES string of the molecule is CNC(=O)c1cnc(NC(=O)C2CC2)c2c1C=C(c1ccccc1N1CCCS1(=O)=O)C2. The number of benzene rings is 1. The molecule has 0 atom stereocenters. The molecular weight excluding hydrogens is 428 g/mol. The fourth-order valence-corrected chi connectivity index (χ4v) is 5.94. The molecule has 1 aromatic carbocycles. The van der Waals surface area contributed by atoms with E-state index in [4.69, 9.17) is 0 Å². The van der Waals surface area contributed by atoms with Crippen LogP contribution in [0, 0.1) is 5.92 Å². The molecule has 166 valence electrons. The van der Waals surface area contributed by atoms with Gasteiger partial charge in [0.25, 0.3) is 5.91 Å². The highest BCUT2D eigenvalue weighted by Crippen LogP contribution is 2.41. The smallest absolute Gasteiger partial charge is 0.253 e. The molecule has 1 aliphatic heterocycles. The van der Waals surface area contributed by atoms with Crippen LogP contribution in [0.4, 0.5) is 11.5 Å². The van der Waals surface area contributed by atoms with E-state index in [-0.39, 0.29) is 23.5 Å². The maximum Gasteiger partial charge on any atom is 0.253 e. The number of anilines is 2. The van der Waals surface area contributed by atoms with Gasteiger partial charge in [-0.05, 0) is 42.5 Å². The molecule has 3 aliphatic rings. The van der Waals surface area contributed by atoms with E-state index in [9.17, 15) is 18.0 Å². The van der Waals surface area contributed by atoms with Gasteiger partial charge in [-0.3, -0.25) is 13.9 Å². The molecule has 2 amide bonds. The summed E-state index contributed by atoms with van der Waals surface area (Å²) in [7, 11) is -1.78. The molecule has 1 saturated carbocycles. The van der Waals surface area contributed by atoms with Gasteiger partial charge in [0.05, 0.1) is 17.0 Å². The van der Waals surface area contributed by atoms with Gasteiger partial charge in [0.2, 0.25) is 15.9 Å². The van der Waals surface area contributed by atoms with E-state index in [1.54, 1.807) is 7.05 Å². The number of hydrogen-bond acceptors (Lipinski definition) is 5. The van der Waals surface area contributed by atoms with Crippen molar-refractivity contribution in [3.63, 3.8) is 0 Å². The van der Waals surface area contributed by atoms with Gasteiger partial charge in [-0.25, -0.2) is 13.4 Å². The lowest BCUT2D eigenvalue weighted by Crippen LogP contribution is -2.26. The highest BCUT2D eigenvalue weighted by Gasteiger charge is 2.34. The molecule has 0 spiro atoms. The summed E-state index contributed by atoms with van der Waals surface area (Å²) in [5.74, 6) is 0.317. The second-order valence-corrected chi connectivity index (χ2v) is 10.4. The van der Waals surface area contributed by atoms with Gasteiger partial charge >= 0.3 is 0 Å². The fourth-order valence-electron chi connectivity index (χ4n) is 4.36. The monoisotopic (exact) mass is 452 g/mol. The van der Waals surface area contributed by atoms with Crippen molar-refractivity contribution in [1.29, 1.82) is 0 Å². The van der Waals surface area contributed by atoms with Crippen molar-refractivity contribution in [3.8, 4) is 0 Å². The van der Waals surface area contributed by atoms with Gasteiger partial charge in [0.1, 0.15) is 5.82 Å². The maximum atomic E-state index is 12.6. The molecule has 2 fully saturated rings. The zero-order valence-corrected chi connectivity index (χ0v) is 18.5. The predicted octanol–water partition coefficient (Wildman–Crippen LogP) is 2.43. The summed E-state index contributed by atoms with van der Waals surface area (Å²) in [6.45, 7) is 0.452. The van der Waals surface area contributed by atoms with Crippen molar-refractivity contribution < 1.29 is 18.0 Å². The van der Waals surface area contributed by atoms with Gasteiger partial charge in [0, 0.05) is 43.3 Å². The summed E-state index contributed by atoms with van der Waals surface area (Å²) in [5, 5.41) is 5.56. The quantitative estimate of drug-likeness (QED) is 0.724. The van der Waals surface area contributed by atoms with Crippen molar-refractivity contribution in [2.75, 3.05) is 29.0 Å². The highest BCUT2D eigenvalue weighted by atomic mass is 32.2. The largest absolute Gasteiger partial charge is 0.355 e. The van der Waals surface area contributed by atoms with Crippen LogP contribution in [0.25, 0.3) is 11.6 Å². The lowest BCUT2D eigenvalue weighted by Gasteiger charge is -2.21. The summed E-state index contributed by atoms with van der Waals surface area (Å²) >= 11 is 0. The summed E-state index contributed by atoms with van der Waals surface area (Å²) in [5.41, 5.74) is 4.23. The third kappa shape index (κ3) is 3.56. The zero-order chi connectivity index (χ0) is 22.5. The molecule has 5 rings (SSSR count). The minimum Gasteiger partial charge on any atom is -0.355 e. The van der Waals surface area contributed by atoms with Crippen LogP contribution in [0.2, 0.25) is 0 Å². The van der Waals surface area contributed by atoms with E-state index < -0.39 is 10.0 Å². The number of sulfonamides is 1. The standard InChI is InChI=1S/C23H24N4O4S/c1-24-23(29)19-13-25-21(26-22(28)14-7-8-14)18-12-15(11-17(18)19)16-5-2-3-6-20(16)27-9-4-10-32(27,30)31/h2-3,5-6,11,13-14H,4,7-10,12H2,1H3,(H,24,29)(H,25,26,28). The number of para-hydroxylation sites is 1. The Bertz CT molecular complexity index is 1260. The van der Waals surface area contributed by atoms with Crippen molar-refractivity contribution >= 4 is 45.0 Å². The molecule has 0 radical (unpaired) electrons. The van der Waals surface area contributed by atoms with E-state index in [0.29, 0.717) is 42.0 Å². The second-order valence-electron chi connectivity index (χ2n) is 8.36. The molecule has 2 aromatic rings. The Kier molecular flexibility index (Phi) is 5.00. The average molecular weight is 453 g/mol. The first-order valence-electron chi connectivity index (χ1n) is 10.7. The molecule has 1 saturated heterocycles. The Morgan fingerprint density at radius 2 is 1.97 bits per heavy atom. The number of carbonyl (C=O) groups is 2. The van der Waals surface area contributed by atoms with Crippen molar-refractivity contribution in [2.45, 2.75) is 25.7 Å². The van der Waals surface area contributed by atoms with Crippen LogP contribution in [-0.2, 0) is 21.2 Å². The van der Waals surface area contributed by atoms with E-state index in [0.717, 1.165) is 29.5 Å². The molecule has 0 bridgehead atoms. The van der Waals surface area contributed by atoms with Crippen LogP contribution >= 0.6 is 0 Å². The second kappa shape index (κ2) is 7.74. The Morgan fingerprint density at radius 3 is 2.66 bits per heavy atom. The van der Waals surface area contributed by atoms with Crippen LogP contribution < -0.4 is 14.9 Å². The van der Waals surface area contributed by atoms with E-state index in [1.165, 1.54) is 10.5 Å². The summed E-state index contributed by atoms with van der Waals surface area (Å²) < 4.78 is 26.6. The minimum atomic E-state index is -3.34. The molecule has 2 heterocycles. The molecule has 9 heteroatoms. The molecule has 1 aromatic heterocycles. The van der Waals surface area contributed by atoms with Crippen LogP contribution in [-0.4, -0.2) is 44.6 Å². The number of rotatable bonds is 5. The third-order valence-electron chi connectivity index (χ3n) is 6.19. The van der Waals surface area contributed by atoms with Crippen LogP contribution in [0.15, 0.2) is 30.5 Å². The first kappa shape index (κ1) is 20.7. The summed E-state index contributed by atoms with van der Waals surface area (Å²) in [4.78, 5) is 29.2. The Balaban J connectivity index is 1.57. The van der Waals surface area contributed by atoms with Gasteiger partial charge in [-0.15, -0.1) is 0 Å². The average Bonchev–Trinajstić information content (AvgIpc) is 3.45. The normalized spacial score (nSPS) is 18.8. The van der Waals surface area contributed by atoms with Gasteiger partial charge in [0.15, 0.2) is 0 Å². The molecule has 2 N–H and O–H groups in total. The Labute approximate surface area is 186 Å². The molecule has 32 heavy (non-hydrogen) atoms. The third-order valence-corrected chi connectivity index (χ3v) is 8.04. The first-order valence-corrected chi connectivity index (χ1v) is 12.3. The minimum absolute atomic E-state index is 0.0287. The number of nitrogens with zero attached hydrogens (tertiary/aromatic N) is 2. The number of nitrogens with one attached hydrogen (secondary N) is 2. The van der Waals surface area contributed by atoms with E-state index in [1.807, 2.05) is 30.3 Å². The molecular formula is C23H24N4O4S. The number of pyridine rings is 1. The van der Waals surface area contributed by atoms with Crippen LogP contribution in [0.5, 0.6) is 0 Å². The number of amides is 2. The lowest BCUT2D eigenvalue weighted by atomic mass is 10.0. The predicted molar refractivity (Wildman–Crippen MR) is 123 cm³/mol. The van der Waals surface area contributed by atoms with Gasteiger partial charge in [-0.1, -0.05) is 18.2 Å². The van der Waals surface area contributed by atoms with Crippen LogP contribution in [0.1, 0.15) is 46.3 Å². The number of allylic oxidation sites excluding steroid dienone is 1.